The Kier molecular flexibility index (Phi) is 9.37. The number of carbonyl (C=O) groups is 1. The summed E-state index contributed by atoms with van der Waals surface area (Å²) in [6, 6.07) is 0.431. The fraction of sp³-hybridized carbons (Fsp3) is 0.938. The van der Waals surface area contributed by atoms with Crippen LogP contribution in [0.25, 0.3) is 0 Å². The number of piperidine rings is 1. The van der Waals surface area contributed by atoms with Crippen LogP contribution in [0.4, 0.5) is 4.79 Å². The third kappa shape index (κ3) is 7.44. The van der Waals surface area contributed by atoms with Crippen LogP contribution in [0.1, 0.15) is 40.0 Å². The van der Waals surface area contributed by atoms with Gasteiger partial charge in [0.1, 0.15) is 5.60 Å². The van der Waals surface area contributed by atoms with E-state index >= 15 is 0 Å². The molecule has 3 fully saturated rings. The predicted octanol–water partition coefficient (Wildman–Crippen LogP) is -0.0990. The molecule has 4 N–H and O–H groups in total. The zero-order valence-corrected chi connectivity index (χ0v) is 19.0. The van der Waals surface area contributed by atoms with Gasteiger partial charge in [-0.1, -0.05) is 6.42 Å². The zero-order valence-electron chi connectivity index (χ0n) is 16.7. The molecule has 3 rings (SSSR count). The third-order valence-corrected chi connectivity index (χ3v) is 6.20. The molecule has 3 atom stereocenters. The molecule has 1 amide bonds. The van der Waals surface area contributed by atoms with Crippen LogP contribution in [0.2, 0.25) is 0 Å². The summed E-state index contributed by atoms with van der Waals surface area (Å²) in [7, 11) is -3.06. The average molecular weight is 426 g/mol. The van der Waals surface area contributed by atoms with E-state index in [4.69, 9.17) is 10.5 Å². The Hall–Kier alpha value is -0.510. The van der Waals surface area contributed by atoms with Gasteiger partial charge in [0.05, 0.1) is 0 Å². The molecular weight excluding hydrogens is 389 g/mol. The number of piperazine rings is 1. The molecule has 9 nitrogen and oxygen atoms in total. The van der Waals surface area contributed by atoms with Crippen LogP contribution in [-0.4, -0.2) is 80.7 Å². The minimum atomic E-state index is -3.06. The lowest BCUT2D eigenvalue weighted by atomic mass is 10.1. The number of hydrogen-bond donors (Lipinski definition) is 3. The largest absolute Gasteiger partial charge is 0.444 e. The SMILES string of the molecule is CC(C)(C)OC(=O)N1CCNC(CN)C1.O=S1(=O)NCC2CCCCN21.P. The van der Waals surface area contributed by atoms with Gasteiger partial charge in [-0.05, 0) is 33.6 Å². The molecule has 3 saturated heterocycles. The van der Waals surface area contributed by atoms with E-state index in [1.54, 1.807) is 9.21 Å². The van der Waals surface area contributed by atoms with Crippen molar-refractivity contribution >= 4 is 26.2 Å². The summed E-state index contributed by atoms with van der Waals surface area (Å²) in [5.74, 6) is 0. The molecule has 11 heteroatoms. The van der Waals surface area contributed by atoms with Crippen LogP contribution >= 0.6 is 9.90 Å². The van der Waals surface area contributed by atoms with Gasteiger partial charge < -0.3 is 20.7 Å². The Morgan fingerprint density at radius 3 is 2.56 bits per heavy atom. The second-order valence-corrected chi connectivity index (χ2v) is 9.63. The molecule has 27 heavy (non-hydrogen) atoms. The molecule has 3 aliphatic rings. The quantitative estimate of drug-likeness (QED) is 0.505. The minimum absolute atomic E-state index is 0. The minimum Gasteiger partial charge on any atom is -0.444 e. The zero-order chi connectivity index (χ0) is 19.4. The first-order chi connectivity index (χ1) is 12.1. The van der Waals surface area contributed by atoms with Crippen LogP contribution in [0.5, 0.6) is 0 Å². The number of hydrogen-bond acceptors (Lipinski definition) is 6. The second-order valence-electron chi connectivity index (χ2n) is 7.93. The Morgan fingerprint density at radius 1 is 1.26 bits per heavy atom. The second kappa shape index (κ2) is 10.3. The maximum Gasteiger partial charge on any atom is 0.410 e. The predicted molar refractivity (Wildman–Crippen MR) is 111 cm³/mol. The van der Waals surface area contributed by atoms with E-state index in [-0.39, 0.29) is 28.1 Å². The normalized spacial score (nSPS) is 27.6. The van der Waals surface area contributed by atoms with Crippen molar-refractivity contribution in [3.05, 3.63) is 0 Å². The van der Waals surface area contributed by atoms with Crippen molar-refractivity contribution < 1.29 is 17.9 Å². The van der Waals surface area contributed by atoms with Crippen molar-refractivity contribution in [3.8, 4) is 0 Å². The molecule has 3 heterocycles. The first kappa shape index (κ1) is 24.5. The van der Waals surface area contributed by atoms with Crippen LogP contribution in [0.15, 0.2) is 0 Å². The molecule has 160 valence electrons. The Labute approximate surface area is 166 Å². The molecule has 0 spiro atoms. The lowest BCUT2D eigenvalue weighted by Crippen LogP contribution is -2.55. The van der Waals surface area contributed by atoms with Crippen LogP contribution in [-0.2, 0) is 14.9 Å². The van der Waals surface area contributed by atoms with E-state index in [9.17, 15) is 13.2 Å². The maximum atomic E-state index is 11.7. The van der Waals surface area contributed by atoms with Crippen LogP contribution < -0.4 is 15.8 Å². The molecule has 0 bridgehead atoms. The van der Waals surface area contributed by atoms with E-state index < -0.39 is 15.8 Å². The molecule has 3 aliphatic heterocycles. The highest BCUT2D eigenvalue weighted by atomic mass is 32.2. The number of nitrogens with two attached hydrogens (primary N) is 1. The van der Waals surface area contributed by atoms with E-state index in [0.717, 1.165) is 19.4 Å². The average Bonchev–Trinajstić information content (AvgIpc) is 2.90. The molecule has 0 aromatic heterocycles. The standard InChI is InChI=1S/C10H21N3O2.C6H12N2O2S.H3P/c1-10(2,3)15-9(14)13-5-4-12-8(6-11)7-13;9-11(10)7-5-6-3-1-2-4-8(6)11;/h8,12H,4-7,11H2,1-3H3;6-7H,1-5H2;1H3. The van der Waals surface area contributed by atoms with Crippen molar-refractivity contribution in [3.63, 3.8) is 0 Å². The number of nitrogens with zero attached hydrogens (tertiary/aromatic N) is 2. The van der Waals surface area contributed by atoms with E-state index in [0.29, 0.717) is 32.7 Å². The van der Waals surface area contributed by atoms with Gasteiger partial charge in [0, 0.05) is 51.4 Å². The maximum absolute atomic E-state index is 11.7. The number of carbonyl (C=O) groups excluding carboxylic acids is 1. The topological polar surface area (TPSA) is 117 Å². The highest BCUT2D eigenvalue weighted by Crippen LogP contribution is 2.23. The number of ether oxygens (including phenoxy) is 1. The van der Waals surface area contributed by atoms with Crippen LogP contribution in [0.3, 0.4) is 0 Å². The molecular formula is C16H36N5O4PS. The number of fused-ring (bicyclic) bond motifs is 1. The summed E-state index contributed by atoms with van der Waals surface area (Å²) in [5, 5.41) is 3.24. The summed E-state index contributed by atoms with van der Waals surface area (Å²) < 4.78 is 31.8. The summed E-state index contributed by atoms with van der Waals surface area (Å²) in [6.45, 7) is 9.56. The van der Waals surface area contributed by atoms with Gasteiger partial charge in [-0.15, -0.1) is 0 Å². The van der Waals surface area contributed by atoms with Gasteiger partial charge in [0.2, 0.25) is 0 Å². The van der Waals surface area contributed by atoms with Gasteiger partial charge in [0.25, 0.3) is 10.2 Å². The van der Waals surface area contributed by atoms with Crippen molar-refractivity contribution in [1.82, 2.24) is 19.2 Å². The van der Waals surface area contributed by atoms with Gasteiger partial charge in [-0.25, -0.2) is 9.52 Å². The number of nitrogens with one attached hydrogen (secondary N) is 2. The Morgan fingerprint density at radius 2 is 1.96 bits per heavy atom. The summed E-state index contributed by atoms with van der Waals surface area (Å²) in [4.78, 5) is 13.4. The number of amides is 1. The highest BCUT2D eigenvalue weighted by molar-refractivity contribution is 7.87. The molecule has 0 aliphatic carbocycles. The first-order valence-corrected chi connectivity index (χ1v) is 10.7. The molecule has 0 aromatic carbocycles. The lowest BCUT2D eigenvalue weighted by Gasteiger charge is -2.34. The van der Waals surface area contributed by atoms with E-state index in [1.807, 2.05) is 20.8 Å². The van der Waals surface area contributed by atoms with Gasteiger partial charge in [-0.2, -0.15) is 22.6 Å². The van der Waals surface area contributed by atoms with Crippen LogP contribution in [0, 0.1) is 0 Å². The Bertz CT molecular complexity index is 584. The monoisotopic (exact) mass is 425 g/mol. The summed E-state index contributed by atoms with van der Waals surface area (Å²) in [6.07, 6.45) is 2.95. The van der Waals surface area contributed by atoms with Crippen molar-refractivity contribution in [2.45, 2.75) is 57.7 Å². The fourth-order valence-corrected chi connectivity index (χ4v) is 4.77. The first-order valence-electron chi connectivity index (χ1n) is 9.30. The van der Waals surface area contributed by atoms with Gasteiger partial charge in [0.15, 0.2) is 0 Å². The Balaban J connectivity index is 0.000000270. The van der Waals surface area contributed by atoms with Crippen molar-refractivity contribution in [2.75, 3.05) is 39.3 Å². The molecule has 0 radical (unpaired) electrons. The van der Waals surface area contributed by atoms with Crippen molar-refractivity contribution in [1.29, 1.82) is 0 Å². The number of rotatable bonds is 1. The molecule has 0 aromatic rings. The highest BCUT2D eigenvalue weighted by Gasteiger charge is 2.37. The third-order valence-electron chi connectivity index (χ3n) is 4.57. The lowest BCUT2D eigenvalue weighted by molar-refractivity contribution is 0.0198. The van der Waals surface area contributed by atoms with E-state index in [2.05, 4.69) is 10.0 Å². The van der Waals surface area contributed by atoms with Gasteiger partial charge in [-0.3, -0.25) is 0 Å². The van der Waals surface area contributed by atoms with E-state index in [1.165, 1.54) is 6.42 Å². The van der Waals surface area contributed by atoms with Crippen molar-refractivity contribution in [2.24, 2.45) is 5.73 Å². The molecule has 0 saturated carbocycles. The smallest absolute Gasteiger partial charge is 0.410 e. The summed E-state index contributed by atoms with van der Waals surface area (Å²) in [5.41, 5.74) is 5.12. The molecule has 3 unspecified atom stereocenters. The fourth-order valence-electron chi connectivity index (χ4n) is 3.25. The van der Waals surface area contributed by atoms with Gasteiger partial charge >= 0.3 is 6.09 Å². The summed E-state index contributed by atoms with van der Waals surface area (Å²) >= 11 is 0.